The lowest BCUT2D eigenvalue weighted by molar-refractivity contribution is -0.121. The lowest BCUT2D eigenvalue weighted by Gasteiger charge is -2.07. The summed E-state index contributed by atoms with van der Waals surface area (Å²) in [5, 5.41) is 10.2. The predicted octanol–water partition coefficient (Wildman–Crippen LogP) is 4.63. The summed E-state index contributed by atoms with van der Waals surface area (Å²) in [6, 6.07) is 12.7. The lowest BCUT2D eigenvalue weighted by atomic mass is 10.2. The molecule has 1 amide bonds. The Morgan fingerprint density at radius 1 is 1.27 bits per heavy atom. The van der Waals surface area contributed by atoms with Crippen molar-refractivity contribution >= 4 is 57.2 Å². The minimum Gasteiger partial charge on any atom is -0.507 e. The molecule has 1 fully saturated rings. The summed E-state index contributed by atoms with van der Waals surface area (Å²) >= 11 is 3.39. The normalized spacial score (nSPS) is 17.3. The van der Waals surface area contributed by atoms with E-state index >= 15 is 0 Å². The molecule has 1 heterocycles. The zero-order valence-electron chi connectivity index (χ0n) is 14.3. The molecule has 0 aromatic heterocycles. The van der Waals surface area contributed by atoms with Gasteiger partial charge in [0.15, 0.2) is 5.17 Å². The van der Waals surface area contributed by atoms with Gasteiger partial charge in [0.25, 0.3) is 5.91 Å². The average molecular weight is 480 g/mol. The fraction of sp³-hybridized carbons (Fsp3) is 0.158. The standard InChI is InChI=1S/C19H17IN2O3S/c1-3-25-14-7-5-13(6-8-14)21-19-22(2)18(24)17(26-19)11-12-4-9-16(23)15(20)10-12/h4-11,23H,3H2,1-2H3/b17-11-,21-19?. The number of phenols is 1. The first-order chi connectivity index (χ1) is 12.5. The summed E-state index contributed by atoms with van der Waals surface area (Å²) < 4.78 is 6.16. The number of phenolic OH excluding ortho intramolecular Hbond substituents is 1. The number of benzene rings is 2. The molecule has 26 heavy (non-hydrogen) atoms. The molecule has 0 aliphatic carbocycles. The van der Waals surface area contributed by atoms with Gasteiger partial charge in [-0.2, -0.15) is 0 Å². The number of rotatable bonds is 4. The number of thioether (sulfide) groups is 1. The Balaban J connectivity index is 1.83. The molecule has 0 saturated carbocycles. The topological polar surface area (TPSA) is 62.1 Å². The zero-order valence-corrected chi connectivity index (χ0v) is 17.2. The fourth-order valence-corrected chi connectivity index (χ4v) is 3.84. The van der Waals surface area contributed by atoms with Gasteiger partial charge in [0.2, 0.25) is 0 Å². The second kappa shape index (κ2) is 8.13. The van der Waals surface area contributed by atoms with Gasteiger partial charge in [-0.05, 0) is 89.3 Å². The van der Waals surface area contributed by atoms with E-state index in [1.807, 2.05) is 43.3 Å². The fourth-order valence-electron chi connectivity index (χ4n) is 2.31. The largest absolute Gasteiger partial charge is 0.507 e. The minimum absolute atomic E-state index is 0.0947. The van der Waals surface area contributed by atoms with E-state index in [0.29, 0.717) is 16.7 Å². The molecule has 0 atom stereocenters. The van der Waals surface area contributed by atoms with Crippen molar-refractivity contribution in [2.75, 3.05) is 13.7 Å². The van der Waals surface area contributed by atoms with Crippen molar-refractivity contribution in [2.24, 2.45) is 4.99 Å². The van der Waals surface area contributed by atoms with Gasteiger partial charge in [0.1, 0.15) is 11.5 Å². The molecule has 0 radical (unpaired) electrons. The Kier molecular flexibility index (Phi) is 5.87. The summed E-state index contributed by atoms with van der Waals surface area (Å²) in [6.45, 7) is 2.55. The van der Waals surface area contributed by atoms with E-state index in [1.165, 1.54) is 11.8 Å². The first-order valence-electron chi connectivity index (χ1n) is 7.95. The molecular weight excluding hydrogens is 463 g/mol. The number of hydrogen-bond acceptors (Lipinski definition) is 5. The molecule has 2 aromatic rings. The Labute approximate surface area is 169 Å². The van der Waals surface area contributed by atoms with Crippen molar-refractivity contribution in [2.45, 2.75) is 6.92 Å². The van der Waals surface area contributed by atoms with Crippen molar-refractivity contribution < 1.29 is 14.6 Å². The molecule has 0 spiro atoms. The van der Waals surface area contributed by atoms with Crippen LogP contribution in [0.4, 0.5) is 5.69 Å². The summed E-state index contributed by atoms with van der Waals surface area (Å²) in [4.78, 5) is 19.2. The minimum atomic E-state index is -0.0947. The van der Waals surface area contributed by atoms with Crippen LogP contribution < -0.4 is 4.74 Å². The van der Waals surface area contributed by atoms with Crippen LogP contribution in [0.15, 0.2) is 52.4 Å². The van der Waals surface area contributed by atoms with Gasteiger partial charge >= 0.3 is 0 Å². The quantitative estimate of drug-likeness (QED) is 0.512. The first-order valence-corrected chi connectivity index (χ1v) is 9.85. The summed E-state index contributed by atoms with van der Waals surface area (Å²) in [7, 11) is 1.71. The van der Waals surface area contributed by atoms with Crippen molar-refractivity contribution in [1.82, 2.24) is 4.90 Å². The van der Waals surface area contributed by atoms with E-state index in [1.54, 1.807) is 24.1 Å². The van der Waals surface area contributed by atoms with Crippen molar-refractivity contribution in [3.8, 4) is 11.5 Å². The van der Waals surface area contributed by atoms with E-state index in [9.17, 15) is 9.90 Å². The highest BCUT2D eigenvalue weighted by molar-refractivity contribution is 14.1. The Morgan fingerprint density at radius 3 is 2.65 bits per heavy atom. The number of nitrogens with zero attached hydrogens (tertiary/aromatic N) is 2. The van der Waals surface area contributed by atoms with E-state index in [0.717, 1.165) is 20.6 Å². The van der Waals surface area contributed by atoms with Gasteiger partial charge in [-0.1, -0.05) is 6.07 Å². The van der Waals surface area contributed by atoms with Crippen molar-refractivity contribution in [1.29, 1.82) is 0 Å². The number of likely N-dealkylation sites (N-methyl/N-ethyl adjacent to an activating group) is 1. The maximum atomic E-state index is 12.5. The van der Waals surface area contributed by atoms with Gasteiger partial charge in [0, 0.05) is 7.05 Å². The number of carbonyl (C=O) groups excluding carboxylic acids is 1. The highest BCUT2D eigenvalue weighted by atomic mass is 127. The molecule has 1 saturated heterocycles. The number of aliphatic imine (C=N–C) groups is 1. The van der Waals surface area contributed by atoms with E-state index in [2.05, 4.69) is 27.6 Å². The van der Waals surface area contributed by atoms with Gasteiger partial charge in [0.05, 0.1) is 20.8 Å². The molecule has 5 nitrogen and oxygen atoms in total. The number of ether oxygens (including phenoxy) is 1. The Bertz CT molecular complexity index is 894. The number of carbonyl (C=O) groups is 1. The average Bonchev–Trinajstić information content (AvgIpc) is 2.88. The van der Waals surface area contributed by atoms with Crippen LogP contribution in [-0.2, 0) is 4.79 Å². The molecule has 0 unspecified atom stereocenters. The number of halogens is 1. The highest BCUT2D eigenvalue weighted by Crippen LogP contribution is 2.34. The van der Waals surface area contributed by atoms with Crippen molar-refractivity contribution in [3.63, 3.8) is 0 Å². The summed E-state index contributed by atoms with van der Waals surface area (Å²) in [5.74, 6) is 0.929. The third kappa shape index (κ3) is 4.21. The molecule has 134 valence electrons. The van der Waals surface area contributed by atoms with Gasteiger partial charge in [-0.25, -0.2) is 4.99 Å². The third-order valence-corrected chi connectivity index (χ3v) is 5.57. The van der Waals surface area contributed by atoms with Crippen LogP contribution in [0.5, 0.6) is 11.5 Å². The van der Waals surface area contributed by atoms with Crippen molar-refractivity contribution in [3.05, 3.63) is 56.5 Å². The smallest absolute Gasteiger partial charge is 0.266 e. The highest BCUT2D eigenvalue weighted by Gasteiger charge is 2.30. The number of amidine groups is 1. The van der Waals surface area contributed by atoms with Crippen LogP contribution in [0.1, 0.15) is 12.5 Å². The second-order valence-electron chi connectivity index (χ2n) is 5.51. The van der Waals surface area contributed by atoms with E-state index in [-0.39, 0.29) is 11.7 Å². The Morgan fingerprint density at radius 2 is 2.00 bits per heavy atom. The predicted molar refractivity (Wildman–Crippen MR) is 114 cm³/mol. The third-order valence-electron chi connectivity index (χ3n) is 3.65. The Hall–Kier alpha value is -2.00. The molecule has 3 rings (SSSR count). The molecule has 1 N–H and O–H groups in total. The van der Waals surface area contributed by atoms with Gasteiger partial charge < -0.3 is 9.84 Å². The lowest BCUT2D eigenvalue weighted by Crippen LogP contribution is -2.23. The first kappa shape index (κ1) is 18.8. The number of aromatic hydroxyl groups is 1. The van der Waals surface area contributed by atoms with Gasteiger partial charge in [-0.3, -0.25) is 9.69 Å². The number of amides is 1. The maximum absolute atomic E-state index is 12.5. The molecule has 7 heteroatoms. The SMILES string of the molecule is CCOc1ccc(N=C2S/C(=C\c3ccc(O)c(I)c3)C(=O)N2C)cc1. The van der Waals surface area contributed by atoms with Crippen LogP contribution in [-0.4, -0.2) is 34.7 Å². The van der Waals surface area contributed by atoms with Gasteiger partial charge in [-0.15, -0.1) is 0 Å². The van der Waals surface area contributed by atoms with Crippen LogP contribution in [0.25, 0.3) is 6.08 Å². The molecular formula is C19H17IN2O3S. The van der Waals surface area contributed by atoms with Crippen LogP contribution >= 0.6 is 34.4 Å². The monoisotopic (exact) mass is 480 g/mol. The molecule has 1 aliphatic rings. The van der Waals surface area contributed by atoms with Crippen LogP contribution in [0.3, 0.4) is 0 Å². The second-order valence-corrected chi connectivity index (χ2v) is 7.68. The maximum Gasteiger partial charge on any atom is 0.266 e. The molecule has 2 aromatic carbocycles. The summed E-state index contributed by atoms with van der Waals surface area (Å²) in [5.41, 5.74) is 1.62. The van der Waals surface area contributed by atoms with E-state index < -0.39 is 0 Å². The summed E-state index contributed by atoms with van der Waals surface area (Å²) in [6.07, 6.45) is 1.81. The number of hydrogen-bond donors (Lipinski definition) is 1. The zero-order chi connectivity index (χ0) is 18.7. The molecule has 0 bridgehead atoms. The van der Waals surface area contributed by atoms with Crippen LogP contribution in [0, 0.1) is 3.57 Å². The van der Waals surface area contributed by atoms with E-state index in [4.69, 9.17) is 4.74 Å². The van der Waals surface area contributed by atoms with Crippen LogP contribution in [0.2, 0.25) is 0 Å². The molecule has 1 aliphatic heterocycles.